The molecule has 0 spiro atoms. The molecular formula is C27H56N2O5P+. The molecule has 0 aliphatic heterocycles. The summed E-state index contributed by atoms with van der Waals surface area (Å²) in [6.07, 6.45) is 21.9. The molecule has 8 heteroatoms. The lowest BCUT2D eigenvalue weighted by molar-refractivity contribution is -0.889. The molecule has 0 rings (SSSR count). The van der Waals surface area contributed by atoms with Crippen molar-refractivity contribution >= 4 is 13.7 Å². The van der Waals surface area contributed by atoms with Gasteiger partial charge < -0.3 is 14.7 Å². The highest BCUT2D eigenvalue weighted by molar-refractivity contribution is 7.47. The van der Waals surface area contributed by atoms with Crippen molar-refractivity contribution < 1.29 is 27.8 Å². The largest absolute Gasteiger partial charge is 0.472 e. The quantitative estimate of drug-likeness (QED) is 0.0571. The van der Waals surface area contributed by atoms with Crippen molar-refractivity contribution in [1.82, 2.24) is 5.32 Å². The van der Waals surface area contributed by atoms with Crippen LogP contribution in [0.1, 0.15) is 110 Å². The smallest absolute Gasteiger partial charge is 0.347 e. The molecule has 7 nitrogen and oxygen atoms in total. The van der Waals surface area contributed by atoms with Crippen LogP contribution in [0.4, 0.5) is 0 Å². The van der Waals surface area contributed by atoms with Gasteiger partial charge in [-0.05, 0) is 12.5 Å². The van der Waals surface area contributed by atoms with E-state index in [0.29, 0.717) is 24.1 Å². The van der Waals surface area contributed by atoms with E-state index in [1.807, 2.05) is 14.1 Å². The van der Waals surface area contributed by atoms with Crippen molar-refractivity contribution in [3.05, 3.63) is 12.7 Å². The van der Waals surface area contributed by atoms with Gasteiger partial charge in [0.15, 0.2) is 0 Å². The molecule has 0 saturated carbocycles. The maximum atomic E-state index is 12.0. The maximum absolute atomic E-state index is 12.0. The monoisotopic (exact) mass is 519 g/mol. The third-order valence-corrected chi connectivity index (χ3v) is 7.42. The van der Waals surface area contributed by atoms with Crippen LogP contribution in [-0.2, 0) is 18.4 Å². The van der Waals surface area contributed by atoms with E-state index in [1.54, 1.807) is 0 Å². The van der Waals surface area contributed by atoms with Gasteiger partial charge in [-0.3, -0.25) is 13.8 Å². The van der Waals surface area contributed by atoms with Crippen LogP contribution >= 0.6 is 7.82 Å². The second kappa shape index (κ2) is 22.5. The Hall–Kier alpha value is -0.720. The molecule has 1 amide bonds. The predicted molar refractivity (Wildman–Crippen MR) is 146 cm³/mol. The number of rotatable bonds is 26. The van der Waals surface area contributed by atoms with Gasteiger partial charge in [-0.15, -0.1) is 0 Å². The SMILES string of the molecule is C=CC(=O)NCC[N+](C)(C)CCOP(=O)(O)OCCCCCCCCCCCCCCCCCC. The van der Waals surface area contributed by atoms with Gasteiger partial charge in [0, 0.05) is 0 Å². The fraction of sp³-hybridized carbons (Fsp3) is 0.889. The average Bonchev–Trinajstić information content (AvgIpc) is 2.80. The Labute approximate surface area is 216 Å². The van der Waals surface area contributed by atoms with E-state index >= 15 is 0 Å². The number of unbranched alkanes of at least 4 members (excludes halogenated alkanes) is 15. The van der Waals surface area contributed by atoms with Gasteiger partial charge in [-0.2, -0.15) is 0 Å². The summed E-state index contributed by atoms with van der Waals surface area (Å²) in [4.78, 5) is 21.0. The number of phosphoric ester groups is 1. The zero-order valence-electron chi connectivity index (χ0n) is 23.1. The number of phosphoric acid groups is 1. The molecule has 1 unspecified atom stereocenters. The Morgan fingerprint density at radius 3 is 1.69 bits per heavy atom. The molecule has 0 aliphatic carbocycles. The molecule has 0 radical (unpaired) electrons. The third kappa shape index (κ3) is 24.7. The van der Waals surface area contributed by atoms with Crippen molar-refractivity contribution in [1.29, 1.82) is 0 Å². The van der Waals surface area contributed by atoms with Gasteiger partial charge in [0.05, 0.1) is 33.8 Å². The number of nitrogens with one attached hydrogen (secondary N) is 1. The number of hydrogen-bond acceptors (Lipinski definition) is 4. The molecule has 0 aromatic rings. The van der Waals surface area contributed by atoms with E-state index in [4.69, 9.17) is 9.05 Å². The minimum Gasteiger partial charge on any atom is -0.347 e. The molecule has 35 heavy (non-hydrogen) atoms. The molecule has 0 bridgehead atoms. The molecule has 1 atom stereocenters. The van der Waals surface area contributed by atoms with Crippen LogP contribution in [0.3, 0.4) is 0 Å². The van der Waals surface area contributed by atoms with E-state index in [-0.39, 0.29) is 19.1 Å². The molecule has 2 N–H and O–H groups in total. The number of likely N-dealkylation sites (N-methyl/N-ethyl adjacent to an activating group) is 1. The third-order valence-electron chi connectivity index (χ3n) is 6.41. The Kier molecular flexibility index (Phi) is 22.0. The highest BCUT2D eigenvalue weighted by Crippen LogP contribution is 2.43. The van der Waals surface area contributed by atoms with E-state index in [9.17, 15) is 14.3 Å². The molecule has 0 heterocycles. The number of carbonyl (C=O) groups is 1. The molecule has 208 valence electrons. The zero-order valence-corrected chi connectivity index (χ0v) is 24.0. The normalized spacial score (nSPS) is 13.5. The van der Waals surface area contributed by atoms with Crippen LogP contribution in [0.5, 0.6) is 0 Å². The minimum atomic E-state index is -4.01. The lowest BCUT2D eigenvalue weighted by Gasteiger charge is -2.29. The number of nitrogens with zero attached hydrogens (tertiary/aromatic N) is 1. The van der Waals surface area contributed by atoms with Crippen LogP contribution in [0.2, 0.25) is 0 Å². The van der Waals surface area contributed by atoms with Gasteiger partial charge in [-0.25, -0.2) is 4.57 Å². The second-order valence-electron chi connectivity index (χ2n) is 10.3. The summed E-state index contributed by atoms with van der Waals surface area (Å²) in [6, 6.07) is 0. The minimum absolute atomic E-state index is 0.120. The summed E-state index contributed by atoms with van der Waals surface area (Å²) < 4.78 is 22.8. The van der Waals surface area contributed by atoms with Crippen LogP contribution in [0.15, 0.2) is 12.7 Å². The van der Waals surface area contributed by atoms with Crippen LogP contribution in [0.25, 0.3) is 0 Å². The van der Waals surface area contributed by atoms with Gasteiger partial charge in [-0.1, -0.05) is 110 Å². The zero-order chi connectivity index (χ0) is 26.3. The standard InChI is InChI=1S/C27H55N2O5P/c1-5-7-8-9-10-11-12-13-14-15-16-17-18-19-20-21-25-33-35(31,32)34-26-24-29(3,4)23-22-28-27(30)6-2/h6H,2,5,7-26H2,1,3-4H3,(H-,28,30,31,32)/p+1. The molecule has 0 fully saturated rings. The highest BCUT2D eigenvalue weighted by Gasteiger charge is 2.23. The number of hydrogen-bond donors (Lipinski definition) is 2. The lowest BCUT2D eigenvalue weighted by Crippen LogP contribution is -2.47. The van der Waals surface area contributed by atoms with E-state index in [0.717, 1.165) is 19.3 Å². The summed E-state index contributed by atoms with van der Waals surface area (Å²) in [7, 11) is -0.0573. The molecule has 0 aromatic carbocycles. The molecule has 0 aliphatic rings. The van der Waals surface area contributed by atoms with Gasteiger partial charge in [0.1, 0.15) is 13.2 Å². The van der Waals surface area contributed by atoms with Gasteiger partial charge >= 0.3 is 7.82 Å². The first-order valence-corrected chi connectivity index (χ1v) is 15.6. The second-order valence-corrected chi connectivity index (χ2v) is 11.8. The first-order valence-electron chi connectivity index (χ1n) is 14.1. The Bertz CT molecular complexity index is 572. The Morgan fingerprint density at radius 1 is 0.800 bits per heavy atom. The van der Waals surface area contributed by atoms with E-state index < -0.39 is 7.82 Å². The molecular weight excluding hydrogens is 463 g/mol. The number of quaternary nitrogens is 1. The summed E-state index contributed by atoms with van der Waals surface area (Å²) >= 11 is 0. The average molecular weight is 520 g/mol. The van der Waals surface area contributed by atoms with Crippen LogP contribution in [-0.4, -0.2) is 62.2 Å². The number of amides is 1. The van der Waals surface area contributed by atoms with Crippen LogP contribution in [0, 0.1) is 0 Å². The Morgan fingerprint density at radius 2 is 1.23 bits per heavy atom. The lowest BCUT2D eigenvalue weighted by atomic mass is 10.0. The Balaban J connectivity index is 3.52. The maximum Gasteiger partial charge on any atom is 0.472 e. The predicted octanol–water partition coefficient (Wildman–Crippen LogP) is 6.76. The first kappa shape index (κ1) is 34.3. The number of carbonyl (C=O) groups excluding carboxylic acids is 1. The van der Waals surface area contributed by atoms with Crippen molar-refractivity contribution in [3.63, 3.8) is 0 Å². The van der Waals surface area contributed by atoms with Gasteiger partial charge in [0.2, 0.25) is 5.91 Å². The summed E-state index contributed by atoms with van der Waals surface area (Å²) in [6.45, 7) is 7.77. The summed E-state index contributed by atoms with van der Waals surface area (Å²) in [5.41, 5.74) is 0. The van der Waals surface area contributed by atoms with Crippen LogP contribution < -0.4 is 5.32 Å². The molecule has 0 saturated heterocycles. The van der Waals surface area contributed by atoms with Crippen molar-refractivity contribution in [2.45, 2.75) is 110 Å². The van der Waals surface area contributed by atoms with Gasteiger partial charge in [0.25, 0.3) is 0 Å². The first-order chi connectivity index (χ1) is 16.7. The van der Waals surface area contributed by atoms with E-state index in [2.05, 4.69) is 18.8 Å². The van der Waals surface area contributed by atoms with Crippen molar-refractivity contribution in [2.24, 2.45) is 0 Å². The van der Waals surface area contributed by atoms with E-state index in [1.165, 1.54) is 89.5 Å². The van der Waals surface area contributed by atoms with Crippen molar-refractivity contribution in [3.8, 4) is 0 Å². The highest BCUT2D eigenvalue weighted by atomic mass is 31.2. The fourth-order valence-electron chi connectivity index (χ4n) is 3.94. The fourth-order valence-corrected chi connectivity index (χ4v) is 4.68. The topological polar surface area (TPSA) is 84.9 Å². The summed E-state index contributed by atoms with van der Waals surface area (Å²) in [5, 5.41) is 2.73. The van der Waals surface area contributed by atoms with Crippen molar-refractivity contribution in [2.75, 3.05) is 46.9 Å². The summed E-state index contributed by atoms with van der Waals surface area (Å²) in [5.74, 6) is -0.205. The molecule has 0 aromatic heterocycles.